The molecule has 0 aromatic carbocycles. The lowest BCUT2D eigenvalue weighted by molar-refractivity contribution is -0.137. The number of amides is 1. The molecule has 4 heteroatoms. The molecule has 1 amide bonds. The molecule has 2 fully saturated rings. The molecule has 2 saturated heterocycles. The van der Waals surface area contributed by atoms with Gasteiger partial charge >= 0.3 is 0 Å². The van der Waals surface area contributed by atoms with Gasteiger partial charge in [-0.3, -0.25) is 9.69 Å². The van der Waals surface area contributed by atoms with E-state index in [-0.39, 0.29) is 5.92 Å². The normalized spacial score (nSPS) is 23.1. The molecule has 3 nitrogen and oxygen atoms in total. The largest absolute Gasteiger partial charge is 0.342 e. The highest BCUT2D eigenvalue weighted by molar-refractivity contribution is 6.29. The van der Waals surface area contributed by atoms with Crippen molar-refractivity contribution in [3.63, 3.8) is 0 Å². The molecule has 0 atom stereocenters. The molecule has 102 valence electrons. The summed E-state index contributed by atoms with van der Waals surface area (Å²) in [5, 5.41) is 0.691. The standard InChI is InChI=1S/C14H23ClN2O/c1-12(15)11-16-9-5-13(6-10-16)14(18)17-7-3-2-4-8-17/h13H,1-11H2. The zero-order chi connectivity index (χ0) is 13.0. The van der Waals surface area contributed by atoms with Crippen LogP contribution < -0.4 is 0 Å². The number of hydrogen-bond acceptors (Lipinski definition) is 2. The van der Waals surface area contributed by atoms with Gasteiger partial charge in [0.05, 0.1) is 0 Å². The Morgan fingerprint density at radius 1 is 1.11 bits per heavy atom. The molecule has 0 aromatic rings. The van der Waals surface area contributed by atoms with Crippen molar-refractivity contribution in [2.75, 3.05) is 32.7 Å². The predicted molar refractivity (Wildman–Crippen MR) is 74.6 cm³/mol. The van der Waals surface area contributed by atoms with Gasteiger partial charge in [0.1, 0.15) is 0 Å². The molecule has 0 aliphatic carbocycles. The molecule has 0 radical (unpaired) electrons. The van der Waals surface area contributed by atoms with Gasteiger partial charge in [-0.2, -0.15) is 0 Å². The van der Waals surface area contributed by atoms with Crippen LogP contribution in [0.3, 0.4) is 0 Å². The number of carbonyl (C=O) groups is 1. The first-order valence-corrected chi connectivity index (χ1v) is 7.39. The fourth-order valence-electron chi connectivity index (χ4n) is 2.95. The summed E-state index contributed by atoms with van der Waals surface area (Å²) in [6, 6.07) is 0. The summed E-state index contributed by atoms with van der Waals surface area (Å²) in [7, 11) is 0. The van der Waals surface area contributed by atoms with Crippen molar-refractivity contribution in [1.29, 1.82) is 0 Å². The second-order valence-corrected chi connectivity index (χ2v) is 5.99. The zero-order valence-electron chi connectivity index (χ0n) is 11.0. The molecule has 2 heterocycles. The van der Waals surface area contributed by atoms with Gasteiger partial charge in [-0.15, -0.1) is 0 Å². The minimum atomic E-state index is 0.239. The molecule has 2 rings (SSSR count). The highest BCUT2D eigenvalue weighted by atomic mass is 35.5. The van der Waals surface area contributed by atoms with Gasteiger partial charge in [-0.25, -0.2) is 0 Å². The van der Waals surface area contributed by atoms with Crippen LogP contribution in [-0.4, -0.2) is 48.4 Å². The Hall–Kier alpha value is -0.540. The second-order valence-electron chi connectivity index (χ2n) is 5.45. The first-order valence-electron chi connectivity index (χ1n) is 7.01. The molecule has 0 aromatic heterocycles. The molecular weight excluding hydrogens is 248 g/mol. The lowest BCUT2D eigenvalue weighted by atomic mass is 9.94. The summed E-state index contributed by atoms with van der Waals surface area (Å²) in [5.41, 5.74) is 0. The molecule has 0 spiro atoms. The highest BCUT2D eigenvalue weighted by Crippen LogP contribution is 2.22. The maximum absolute atomic E-state index is 12.3. The first-order chi connectivity index (χ1) is 8.66. The van der Waals surface area contributed by atoms with Crippen molar-refractivity contribution in [1.82, 2.24) is 9.80 Å². The maximum atomic E-state index is 12.3. The number of hydrogen-bond donors (Lipinski definition) is 0. The maximum Gasteiger partial charge on any atom is 0.225 e. The van der Waals surface area contributed by atoms with Crippen LogP contribution in [-0.2, 0) is 4.79 Å². The summed E-state index contributed by atoms with van der Waals surface area (Å²) < 4.78 is 0. The van der Waals surface area contributed by atoms with E-state index in [0.29, 0.717) is 10.9 Å². The van der Waals surface area contributed by atoms with Crippen LogP contribution in [0.4, 0.5) is 0 Å². The summed E-state index contributed by atoms with van der Waals surface area (Å²) in [6.45, 7) is 8.36. The highest BCUT2D eigenvalue weighted by Gasteiger charge is 2.28. The van der Waals surface area contributed by atoms with Crippen molar-refractivity contribution in [2.45, 2.75) is 32.1 Å². The van der Waals surface area contributed by atoms with Gasteiger partial charge in [0.15, 0.2) is 0 Å². The van der Waals surface area contributed by atoms with Crippen molar-refractivity contribution in [3.05, 3.63) is 11.6 Å². The van der Waals surface area contributed by atoms with Gasteiger partial charge in [0, 0.05) is 30.6 Å². The minimum absolute atomic E-state index is 0.239. The SMILES string of the molecule is C=C(Cl)CN1CCC(C(=O)N2CCCCC2)CC1. The summed E-state index contributed by atoms with van der Waals surface area (Å²) in [5.74, 6) is 0.627. The van der Waals surface area contributed by atoms with E-state index in [0.717, 1.165) is 45.6 Å². The van der Waals surface area contributed by atoms with Crippen LogP contribution in [0, 0.1) is 5.92 Å². The molecule has 0 unspecified atom stereocenters. The molecule has 2 aliphatic rings. The van der Waals surface area contributed by atoms with E-state index in [1.54, 1.807) is 0 Å². The van der Waals surface area contributed by atoms with E-state index in [2.05, 4.69) is 16.4 Å². The van der Waals surface area contributed by atoms with Crippen molar-refractivity contribution in [3.8, 4) is 0 Å². The van der Waals surface area contributed by atoms with Gasteiger partial charge in [0.25, 0.3) is 0 Å². The third-order valence-electron chi connectivity index (χ3n) is 4.00. The third-order valence-corrected chi connectivity index (χ3v) is 4.12. The Morgan fingerprint density at radius 2 is 1.72 bits per heavy atom. The summed E-state index contributed by atoms with van der Waals surface area (Å²) in [4.78, 5) is 16.7. The van der Waals surface area contributed by atoms with E-state index in [9.17, 15) is 4.79 Å². The smallest absolute Gasteiger partial charge is 0.225 e. The van der Waals surface area contributed by atoms with Crippen LogP contribution >= 0.6 is 11.6 Å². The Kier molecular flexibility index (Phi) is 5.07. The Balaban J connectivity index is 1.78. The first kappa shape index (κ1) is 13.9. The van der Waals surface area contributed by atoms with Crippen LogP contribution in [0.1, 0.15) is 32.1 Å². The average molecular weight is 271 g/mol. The van der Waals surface area contributed by atoms with Gasteiger partial charge < -0.3 is 4.90 Å². The number of halogens is 1. The lowest BCUT2D eigenvalue weighted by Gasteiger charge is -2.35. The minimum Gasteiger partial charge on any atom is -0.342 e. The fraction of sp³-hybridized carbons (Fsp3) is 0.786. The third kappa shape index (κ3) is 3.72. The quantitative estimate of drug-likeness (QED) is 0.787. The Bertz CT molecular complexity index is 305. The van der Waals surface area contributed by atoms with E-state index < -0.39 is 0 Å². The van der Waals surface area contributed by atoms with Crippen LogP contribution in [0.15, 0.2) is 11.6 Å². The van der Waals surface area contributed by atoms with Gasteiger partial charge in [0.2, 0.25) is 5.91 Å². The number of carbonyl (C=O) groups excluding carboxylic acids is 1. The van der Waals surface area contributed by atoms with Crippen LogP contribution in [0.2, 0.25) is 0 Å². The number of piperidine rings is 2. The Labute approximate surface area is 115 Å². The van der Waals surface area contributed by atoms with E-state index >= 15 is 0 Å². The number of nitrogens with zero attached hydrogens (tertiary/aromatic N) is 2. The molecular formula is C14H23ClN2O. The molecule has 2 aliphatic heterocycles. The average Bonchev–Trinajstić information content (AvgIpc) is 2.39. The van der Waals surface area contributed by atoms with Crippen LogP contribution in [0.5, 0.6) is 0 Å². The lowest BCUT2D eigenvalue weighted by Crippen LogP contribution is -2.44. The number of likely N-dealkylation sites (tertiary alicyclic amines) is 2. The van der Waals surface area contributed by atoms with Gasteiger partial charge in [-0.1, -0.05) is 18.2 Å². The summed E-state index contributed by atoms with van der Waals surface area (Å²) in [6.07, 6.45) is 5.58. The molecule has 18 heavy (non-hydrogen) atoms. The fourth-order valence-corrected chi connectivity index (χ4v) is 3.12. The van der Waals surface area contributed by atoms with E-state index in [4.69, 9.17) is 11.6 Å². The van der Waals surface area contributed by atoms with E-state index in [1.807, 2.05) is 0 Å². The number of rotatable bonds is 3. The predicted octanol–water partition coefficient (Wildman–Crippen LogP) is 2.46. The zero-order valence-corrected chi connectivity index (χ0v) is 11.8. The monoisotopic (exact) mass is 270 g/mol. The topological polar surface area (TPSA) is 23.6 Å². The van der Waals surface area contributed by atoms with Crippen molar-refractivity contribution in [2.24, 2.45) is 5.92 Å². The van der Waals surface area contributed by atoms with E-state index in [1.165, 1.54) is 19.3 Å². The second kappa shape index (κ2) is 6.58. The molecule has 0 bridgehead atoms. The molecule has 0 saturated carbocycles. The van der Waals surface area contributed by atoms with Crippen LogP contribution in [0.25, 0.3) is 0 Å². The van der Waals surface area contributed by atoms with Crippen molar-refractivity contribution >= 4 is 17.5 Å². The van der Waals surface area contributed by atoms with Gasteiger partial charge in [-0.05, 0) is 45.2 Å². The summed E-state index contributed by atoms with van der Waals surface area (Å²) >= 11 is 5.82. The Morgan fingerprint density at radius 3 is 2.28 bits per heavy atom. The molecule has 0 N–H and O–H groups in total. The van der Waals surface area contributed by atoms with Crippen molar-refractivity contribution < 1.29 is 4.79 Å².